The van der Waals surface area contributed by atoms with Crippen molar-refractivity contribution in [3.8, 4) is 0 Å². The lowest BCUT2D eigenvalue weighted by molar-refractivity contribution is -0.140. The minimum absolute atomic E-state index is 0.0584. The molecule has 0 aromatic heterocycles. The van der Waals surface area contributed by atoms with E-state index in [9.17, 15) is 9.59 Å². The van der Waals surface area contributed by atoms with Crippen molar-refractivity contribution in [2.24, 2.45) is 0 Å². The van der Waals surface area contributed by atoms with E-state index in [1.807, 2.05) is 11.8 Å². The second-order valence-electron chi connectivity index (χ2n) is 5.38. The summed E-state index contributed by atoms with van der Waals surface area (Å²) in [4.78, 5) is 24.6. The summed E-state index contributed by atoms with van der Waals surface area (Å²) in [5.41, 5.74) is 0. The van der Waals surface area contributed by atoms with Gasteiger partial charge in [0.25, 0.3) is 0 Å². The van der Waals surface area contributed by atoms with Crippen LogP contribution in [0.3, 0.4) is 0 Å². The summed E-state index contributed by atoms with van der Waals surface area (Å²) in [5.74, 6) is -0.919. The molecule has 1 aliphatic carbocycles. The molecule has 0 saturated heterocycles. The number of nitrogens with zero attached hydrogens (tertiary/aromatic N) is 1. The molecule has 120 valence electrons. The van der Waals surface area contributed by atoms with E-state index in [-0.39, 0.29) is 24.5 Å². The molecule has 1 saturated carbocycles. The Morgan fingerprint density at radius 1 is 1.52 bits per heavy atom. The molecule has 1 atom stereocenters. The minimum Gasteiger partial charge on any atom is -0.480 e. The Balaban J connectivity index is 2.25. The lowest BCUT2D eigenvalue weighted by atomic mass is 9.85. The Morgan fingerprint density at radius 3 is 2.71 bits per heavy atom. The second kappa shape index (κ2) is 8.79. The van der Waals surface area contributed by atoms with Gasteiger partial charge in [0.2, 0.25) is 5.91 Å². The van der Waals surface area contributed by atoms with Crippen molar-refractivity contribution < 1.29 is 19.4 Å². The van der Waals surface area contributed by atoms with Crippen LogP contribution in [0.2, 0.25) is 0 Å². The summed E-state index contributed by atoms with van der Waals surface area (Å²) in [7, 11) is 0. The van der Waals surface area contributed by atoms with Gasteiger partial charge in [0, 0.05) is 12.1 Å². The standard InChI is InChI=1S/C15H26N2O4/c1-4-6-7-21-11(3)15(20)16-12-8-13(9-12)17(5-2)10-14(18)19/h4,11-13H,1,5-10H2,2-3H3,(H,16,20)(H,18,19). The fourth-order valence-electron chi connectivity index (χ4n) is 2.40. The Labute approximate surface area is 126 Å². The Kier molecular flexibility index (Phi) is 7.39. The average Bonchev–Trinajstić information content (AvgIpc) is 2.39. The van der Waals surface area contributed by atoms with Crippen LogP contribution in [0.1, 0.15) is 33.1 Å². The summed E-state index contributed by atoms with van der Waals surface area (Å²) >= 11 is 0. The van der Waals surface area contributed by atoms with E-state index in [2.05, 4.69) is 11.9 Å². The van der Waals surface area contributed by atoms with Crippen LogP contribution in [0, 0.1) is 0 Å². The molecule has 0 bridgehead atoms. The molecular weight excluding hydrogens is 272 g/mol. The maximum Gasteiger partial charge on any atom is 0.317 e. The van der Waals surface area contributed by atoms with Crippen LogP contribution in [-0.2, 0) is 14.3 Å². The monoisotopic (exact) mass is 298 g/mol. The van der Waals surface area contributed by atoms with Gasteiger partial charge in [0.1, 0.15) is 6.10 Å². The topological polar surface area (TPSA) is 78.9 Å². The quantitative estimate of drug-likeness (QED) is 0.465. The molecule has 0 aliphatic heterocycles. The zero-order valence-electron chi connectivity index (χ0n) is 12.9. The highest BCUT2D eigenvalue weighted by atomic mass is 16.5. The van der Waals surface area contributed by atoms with Gasteiger partial charge in [-0.25, -0.2) is 0 Å². The zero-order chi connectivity index (χ0) is 15.8. The first-order valence-electron chi connectivity index (χ1n) is 7.46. The summed E-state index contributed by atoms with van der Waals surface area (Å²) in [5, 5.41) is 11.8. The highest BCUT2D eigenvalue weighted by molar-refractivity contribution is 5.80. The molecule has 1 amide bonds. The van der Waals surface area contributed by atoms with Crippen molar-refractivity contribution in [2.75, 3.05) is 19.7 Å². The molecule has 1 aliphatic rings. The van der Waals surface area contributed by atoms with Gasteiger partial charge in [-0.3, -0.25) is 14.5 Å². The zero-order valence-corrected chi connectivity index (χ0v) is 12.9. The van der Waals surface area contributed by atoms with E-state index in [0.717, 1.165) is 19.3 Å². The molecule has 2 N–H and O–H groups in total. The molecule has 0 radical (unpaired) electrons. The molecule has 0 aromatic rings. The van der Waals surface area contributed by atoms with E-state index in [1.165, 1.54) is 0 Å². The van der Waals surface area contributed by atoms with Crippen molar-refractivity contribution >= 4 is 11.9 Å². The van der Waals surface area contributed by atoms with Crippen molar-refractivity contribution in [1.82, 2.24) is 10.2 Å². The maximum atomic E-state index is 11.9. The second-order valence-corrected chi connectivity index (χ2v) is 5.38. The number of carboxylic acids is 1. The SMILES string of the molecule is C=CCCOC(C)C(=O)NC1CC(N(CC)CC(=O)O)C1. The van der Waals surface area contributed by atoms with Gasteiger partial charge in [-0.1, -0.05) is 13.0 Å². The number of aliphatic carboxylic acids is 1. The van der Waals surface area contributed by atoms with E-state index in [0.29, 0.717) is 13.2 Å². The van der Waals surface area contributed by atoms with Gasteiger partial charge >= 0.3 is 5.97 Å². The Hall–Kier alpha value is -1.40. The third-order valence-electron chi connectivity index (χ3n) is 3.78. The predicted molar refractivity (Wildman–Crippen MR) is 80.1 cm³/mol. The number of ether oxygens (including phenoxy) is 1. The molecule has 0 aromatic carbocycles. The van der Waals surface area contributed by atoms with E-state index in [1.54, 1.807) is 13.0 Å². The van der Waals surface area contributed by atoms with Crippen LogP contribution in [-0.4, -0.2) is 59.8 Å². The molecule has 1 unspecified atom stereocenters. The van der Waals surface area contributed by atoms with Gasteiger partial charge in [-0.2, -0.15) is 0 Å². The van der Waals surface area contributed by atoms with E-state index >= 15 is 0 Å². The van der Waals surface area contributed by atoms with Crippen molar-refractivity contribution in [2.45, 2.75) is 51.3 Å². The minimum atomic E-state index is -0.812. The van der Waals surface area contributed by atoms with Crippen LogP contribution < -0.4 is 5.32 Å². The number of carbonyl (C=O) groups is 2. The summed E-state index contributed by atoms with van der Waals surface area (Å²) in [6.45, 7) is 8.54. The van der Waals surface area contributed by atoms with Crippen LogP contribution in [0.25, 0.3) is 0 Å². The van der Waals surface area contributed by atoms with Gasteiger partial charge in [-0.05, 0) is 32.7 Å². The third kappa shape index (κ3) is 5.85. The third-order valence-corrected chi connectivity index (χ3v) is 3.78. The van der Waals surface area contributed by atoms with Crippen LogP contribution >= 0.6 is 0 Å². The lowest BCUT2D eigenvalue weighted by Crippen LogP contribution is -2.56. The molecule has 6 heteroatoms. The average molecular weight is 298 g/mol. The van der Waals surface area contributed by atoms with Gasteiger partial charge in [0.15, 0.2) is 0 Å². The molecule has 0 spiro atoms. The summed E-state index contributed by atoms with van der Waals surface area (Å²) in [6.07, 6.45) is 3.61. The highest BCUT2D eigenvalue weighted by Crippen LogP contribution is 2.25. The number of nitrogens with one attached hydrogen (secondary N) is 1. The van der Waals surface area contributed by atoms with Crippen molar-refractivity contribution in [3.05, 3.63) is 12.7 Å². The first-order chi connectivity index (χ1) is 9.97. The van der Waals surface area contributed by atoms with Crippen molar-refractivity contribution in [3.63, 3.8) is 0 Å². The first kappa shape index (κ1) is 17.7. The number of rotatable bonds is 10. The largest absolute Gasteiger partial charge is 0.480 e. The fourth-order valence-corrected chi connectivity index (χ4v) is 2.40. The number of likely N-dealkylation sites (N-methyl/N-ethyl adjacent to an activating group) is 1. The van der Waals surface area contributed by atoms with Crippen LogP contribution in [0.15, 0.2) is 12.7 Å². The smallest absolute Gasteiger partial charge is 0.317 e. The van der Waals surface area contributed by atoms with Gasteiger partial charge in [-0.15, -0.1) is 6.58 Å². The number of carboxylic acid groups (broad SMARTS) is 1. The predicted octanol–water partition coefficient (Wildman–Crippen LogP) is 1.02. The Morgan fingerprint density at radius 2 is 2.19 bits per heavy atom. The molecule has 1 rings (SSSR count). The molecule has 0 heterocycles. The number of hydrogen-bond acceptors (Lipinski definition) is 4. The summed E-state index contributed by atoms with van der Waals surface area (Å²) in [6, 6.07) is 0.365. The normalized spacial score (nSPS) is 22.4. The number of amides is 1. The van der Waals surface area contributed by atoms with Crippen molar-refractivity contribution in [1.29, 1.82) is 0 Å². The Bertz CT molecular complexity index is 367. The van der Waals surface area contributed by atoms with E-state index in [4.69, 9.17) is 9.84 Å². The maximum absolute atomic E-state index is 11.9. The first-order valence-corrected chi connectivity index (χ1v) is 7.46. The molecule has 21 heavy (non-hydrogen) atoms. The fraction of sp³-hybridized carbons (Fsp3) is 0.733. The summed E-state index contributed by atoms with van der Waals surface area (Å²) < 4.78 is 5.39. The number of carbonyl (C=O) groups excluding carboxylic acids is 1. The van der Waals surface area contributed by atoms with Crippen LogP contribution in [0.5, 0.6) is 0 Å². The molecule has 6 nitrogen and oxygen atoms in total. The molecular formula is C15H26N2O4. The van der Waals surface area contributed by atoms with Crippen LogP contribution in [0.4, 0.5) is 0 Å². The van der Waals surface area contributed by atoms with Gasteiger partial charge < -0.3 is 15.2 Å². The molecule has 1 fully saturated rings. The lowest BCUT2D eigenvalue weighted by Gasteiger charge is -2.42. The highest BCUT2D eigenvalue weighted by Gasteiger charge is 2.35. The van der Waals surface area contributed by atoms with Gasteiger partial charge in [0.05, 0.1) is 13.2 Å². The number of hydrogen-bond donors (Lipinski definition) is 2. The van der Waals surface area contributed by atoms with E-state index < -0.39 is 12.1 Å².